The largest absolute Gasteiger partial charge is 0.409 e. The minimum Gasteiger partial charge on any atom is -0.409 e. The molecule has 0 saturated carbocycles. The van der Waals surface area contributed by atoms with Crippen LogP contribution >= 0.6 is 0 Å². The van der Waals surface area contributed by atoms with Crippen LogP contribution in [0.2, 0.25) is 0 Å². The Bertz CT molecular complexity index is 409. The highest BCUT2D eigenvalue weighted by atomic mass is 16.5. The van der Waals surface area contributed by atoms with Crippen LogP contribution in [0, 0.1) is 5.41 Å². The smallest absolute Gasteiger partial charge is 0.237 e. The molecule has 8 heteroatoms. The van der Waals surface area contributed by atoms with Crippen molar-refractivity contribution in [3.63, 3.8) is 0 Å². The SMILES string of the molecule is CC1COC(CO)CN1C(=O)C1(C(N)=NO)CCOCC1. The van der Waals surface area contributed by atoms with Crippen molar-refractivity contribution in [2.24, 2.45) is 16.3 Å². The van der Waals surface area contributed by atoms with Crippen molar-refractivity contribution < 1.29 is 24.6 Å². The molecule has 0 aliphatic carbocycles. The second-order valence-electron chi connectivity index (χ2n) is 5.62. The summed E-state index contributed by atoms with van der Waals surface area (Å²) in [6, 6.07) is -0.119. The summed E-state index contributed by atoms with van der Waals surface area (Å²) >= 11 is 0. The van der Waals surface area contributed by atoms with E-state index in [0.29, 0.717) is 39.2 Å². The van der Waals surface area contributed by atoms with E-state index < -0.39 is 11.5 Å². The van der Waals surface area contributed by atoms with Gasteiger partial charge in [0.2, 0.25) is 5.91 Å². The van der Waals surface area contributed by atoms with Crippen LogP contribution < -0.4 is 5.73 Å². The number of amidine groups is 1. The van der Waals surface area contributed by atoms with Crippen LogP contribution in [0.15, 0.2) is 5.16 Å². The van der Waals surface area contributed by atoms with Gasteiger partial charge in [0.1, 0.15) is 5.41 Å². The van der Waals surface area contributed by atoms with Crippen molar-refractivity contribution in [3.05, 3.63) is 0 Å². The Balaban J connectivity index is 2.25. The molecule has 0 radical (unpaired) electrons. The third kappa shape index (κ3) is 2.97. The van der Waals surface area contributed by atoms with Gasteiger partial charge in [0.15, 0.2) is 5.84 Å². The molecule has 120 valence electrons. The first kappa shape index (κ1) is 16.0. The average Bonchev–Trinajstić information content (AvgIpc) is 2.54. The zero-order valence-electron chi connectivity index (χ0n) is 12.2. The van der Waals surface area contributed by atoms with Gasteiger partial charge in [-0.2, -0.15) is 0 Å². The second kappa shape index (κ2) is 6.59. The van der Waals surface area contributed by atoms with Crippen LogP contribution in [0.5, 0.6) is 0 Å². The number of hydrogen-bond donors (Lipinski definition) is 3. The van der Waals surface area contributed by atoms with E-state index in [4.69, 9.17) is 20.4 Å². The summed E-state index contributed by atoms with van der Waals surface area (Å²) in [5.41, 5.74) is 4.79. The van der Waals surface area contributed by atoms with Crippen LogP contribution in [0.3, 0.4) is 0 Å². The monoisotopic (exact) mass is 301 g/mol. The summed E-state index contributed by atoms with van der Waals surface area (Å²) in [5.74, 6) is -0.259. The molecule has 0 aromatic carbocycles. The van der Waals surface area contributed by atoms with Gasteiger partial charge in [-0.3, -0.25) is 4.79 Å². The first-order valence-corrected chi connectivity index (χ1v) is 7.14. The van der Waals surface area contributed by atoms with E-state index in [2.05, 4.69) is 5.16 Å². The van der Waals surface area contributed by atoms with E-state index in [1.165, 1.54) is 0 Å². The Morgan fingerprint density at radius 3 is 2.71 bits per heavy atom. The van der Waals surface area contributed by atoms with Crippen LogP contribution in [0.25, 0.3) is 0 Å². The molecule has 2 atom stereocenters. The van der Waals surface area contributed by atoms with Crippen molar-refractivity contribution in [2.75, 3.05) is 33.0 Å². The molecule has 0 aromatic rings. The predicted octanol–water partition coefficient (Wildman–Crippen LogP) is -0.862. The summed E-state index contributed by atoms with van der Waals surface area (Å²) in [6.07, 6.45) is 0.375. The Morgan fingerprint density at radius 1 is 1.48 bits per heavy atom. The highest BCUT2D eigenvalue weighted by molar-refractivity contribution is 6.07. The van der Waals surface area contributed by atoms with E-state index in [1.807, 2.05) is 6.92 Å². The van der Waals surface area contributed by atoms with E-state index in [9.17, 15) is 9.90 Å². The minimum atomic E-state index is -1.03. The topological polar surface area (TPSA) is 118 Å². The second-order valence-corrected chi connectivity index (χ2v) is 5.62. The summed E-state index contributed by atoms with van der Waals surface area (Å²) in [6.45, 7) is 3.19. The number of ether oxygens (including phenoxy) is 2. The van der Waals surface area contributed by atoms with Crippen LogP contribution in [-0.2, 0) is 14.3 Å². The number of amides is 1. The molecular weight excluding hydrogens is 278 g/mol. The molecule has 4 N–H and O–H groups in total. The molecule has 0 bridgehead atoms. The molecule has 21 heavy (non-hydrogen) atoms. The van der Waals surface area contributed by atoms with Crippen LogP contribution in [0.1, 0.15) is 19.8 Å². The number of rotatable bonds is 3. The fourth-order valence-corrected chi connectivity index (χ4v) is 2.88. The number of nitrogens with two attached hydrogens (primary N) is 1. The Labute approximate surface area is 123 Å². The van der Waals surface area contributed by atoms with Crippen LogP contribution in [-0.4, -0.2) is 72.1 Å². The molecule has 2 fully saturated rings. The quantitative estimate of drug-likeness (QED) is 0.270. The zero-order valence-corrected chi connectivity index (χ0v) is 12.2. The van der Waals surface area contributed by atoms with E-state index in [-0.39, 0.29) is 24.4 Å². The summed E-state index contributed by atoms with van der Waals surface area (Å²) in [7, 11) is 0. The number of carbonyl (C=O) groups excluding carboxylic acids is 1. The number of morpholine rings is 1. The summed E-state index contributed by atoms with van der Waals surface area (Å²) in [4.78, 5) is 14.7. The lowest BCUT2D eigenvalue weighted by Crippen LogP contribution is -2.60. The van der Waals surface area contributed by atoms with Gasteiger partial charge in [-0.05, 0) is 19.8 Å². The third-order valence-corrected chi connectivity index (χ3v) is 4.32. The highest BCUT2D eigenvalue weighted by Gasteiger charge is 2.48. The number of nitrogens with zero attached hydrogens (tertiary/aromatic N) is 2. The molecule has 2 saturated heterocycles. The molecule has 1 amide bonds. The number of hydrogen-bond acceptors (Lipinski definition) is 6. The lowest BCUT2D eigenvalue weighted by atomic mass is 9.77. The standard InChI is InChI=1S/C13H23N3O5/c1-9-8-21-10(7-17)6-16(9)12(18)13(11(14)15-19)2-4-20-5-3-13/h9-10,17,19H,2-8H2,1H3,(H2,14,15). The molecule has 2 rings (SSSR count). The zero-order chi connectivity index (χ0) is 15.5. The molecule has 8 nitrogen and oxygen atoms in total. The maximum Gasteiger partial charge on any atom is 0.237 e. The number of aliphatic hydroxyl groups excluding tert-OH is 1. The van der Waals surface area contributed by atoms with E-state index >= 15 is 0 Å². The lowest BCUT2D eigenvalue weighted by Gasteiger charge is -2.44. The molecule has 0 aromatic heterocycles. The van der Waals surface area contributed by atoms with Gasteiger partial charge in [0.25, 0.3) is 0 Å². The Hall–Kier alpha value is -1.38. The predicted molar refractivity (Wildman–Crippen MR) is 73.9 cm³/mol. The number of aliphatic hydroxyl groups is 1. The minimum absolute atomic E-state index is 0.0740. The fraction of sp³-hybridized carbons (Fsp3) is 0.846. The molecule has 2 aliphatic heterocycles. The van der Waals surface area contributed by atoms with Crippen molar-refractivity contribution in [1.29, 1.82) is 0 Å². The van der Waals surface area contributed by atoms with Gasteiger partial charge in [-0.15, -0.1) is 0 Å². The number of oxime groups is 1. The lowest BCUT2D eigenvalue weighted by molar-refractivity contribution is -0.157. The fourth-order valence-electron chi connectivity index (χ4n) is 2.88. The molecule has 2 heterocycles. The third-order valence-electron chi connectivity index (χ3n) is 4.32. The summed E-state index contributed by atoms with van der Waals surface area (Å²) < 4.78 is 10.7. The maximum atomic E-state index is 13.0. The van der Waals surface area contributed by atoms with Gasteiger partial charge in [0.05, 0.1) is 25.4 Å². The number of carbonyl (C=O) groups is 1. The molecule has 2 aliphatic rings. The van der Waals surface area contributed by atoms with Crippen molar-refractivity contribution >= 4 is 11.7 Å². The van der Waals surface area contributed by atoms with Gasteiger partial charge in [-0.25, -0.2) is 0 Å². The average molecular weight is 301 g/mol. The molecule has 0 spiro atoms. The highest BCUT2D eigenvalue weighted by Crippen LogP contribution is 2.34. The summed E-state index contributed by atoms with van der Waals surface area (Å²) in [5, 5.41) is 21.4. The van der Waals surface area contributed by atoms with Gasteiger partial charge >= 0.3 is 0 Å². The van der Waals surface area contributed by atoms with Crippen molar-refractivity contribution in [3.8, 4) is 0 Å². The van der Waals surface area contributed by atoms with Crippen LogP contribution in [0.4, 0.5) is 0 Å². The van der Waals surface area contributed by atoms with Crippen molar-refractivity contribution in [1.82, 2.24) is 4.90 Å². The van der Waals surface area contributed by atoms with Gasteiger partial charge < -0.3 is 30.4 Å². The maximum absolute atomic E-state index is 13.0. The molecular formula is C13H23N3O5. The van der Waals surface area contributed by atoms with Crippen molar-refractivity contribution in [2.45, 2.75) is 31.9 Å². The van der Waals surface area contributed by atoms with E-state index in [0.717, 1.165) is 0 Å². The van der Waals surface area contributed by atoms with E-state index in [1.54, 1.807) is 4.90 Å². The Morgan fingerprint density at radius 2 is 2.14 bits per heavy atom. The first-order valence-electron chi connectivity index (χ1n) is 7.14. The molecule has 2 unspecified atom stereocenters. The normalized spacial score (nSPS) is 30.2. The Kier molecular flexibility index (Phi) is 5.02. The van der Waals surface area contributed by atoms with Gasteiger partial charge in [0, 0.05) is 19.8 Å². The van der Waals surface area contributed by atoms with Gasteiger partial charge in [-0.1, -0.05) is 5.16 Å². The first-order chi connectivity index (χ1) is 10.0.